The quantitative estimate of drug-likeness (QED) is 0.473. The van der Waals surface area contributed by atoms with Crippen molar-refractivity contribution >= 4 is 22.7 Å². The van der Waals surface area contributed by atoms with Gasteiger partial charge in [0.25, 0.3) is 0 Å². The van der Waals surface area contributed by atoms with Crippen molar-refractivity contribution in [2.24, 2.45) is 0 Å². The van der Waals surface area contributed by atoms with Gasteiger partial charge in [0.2, 0.25) is 5.71 Å². The van der Waals surface area contributed by atoms with Gasteiger partial charge in [-0.15, -0.1) is 0 Å². The number of nitrogens with zero attached hydrogens (tertiary/aromatic N) is 1. The predicted molar refractivity (Wildman–Crippen MR) is 96.4 cm³/mol. The highest BCUT2D eigenvalue weighted by Gasteiger charge is 2.20. The number of furan rings is 1. The molecule has 24 heavy (non-hydrogen) atoms. The van der Waals surface area contributed by atoms with Crippen molar-refractivity contribution in [1.29, 1.82) is 0 Å². The standard InChI is InChI=1S/C20H14ClNO2/c1-23-15-9-7-13(8-10-15)17-18-16(21)11-12-22-20(18)24-19(17)14-5-3-2-4-6-14/h2-12H,1H3. The Hall–Kier alpha value is -2.78. The molecule has 118 valence electrons. The summed E-state index contributed by atoms with van der Waals surface area (Å²) in [4.78, 5) is 4.33. The molecule has 0 fully saturated rings. The molecule has 0 saturated heterocycles. The molecule has 0 bridgehead atoms. The fraction of sp³-hybridized carbons (Fsp3) is 0.0500. The Bertz CT molecular complexity index is 992. The lowest BCUT2D eigenvalue weighted by atomic mass is 9.99. The van der Waals surface area contributed by atoms with E-state index in [1.807, 2.05) is 54.6 Å². The average Bonchev–Trinajstić information content (AvgIpc) is 3.03. The Morgan fingerprint density at radius 1 is 0.917 bits per heavy atom. The normalized spacial score (nSPS) is 10.9. The van der Waals surface area contributed by atoms with Crippen LogP contribution in [-0.2, 0) is 0 Å². The molecule has 0 aliphatic carbocycles. The number of fused-ring (bicyclic) bond motifs is 1. The van der Waals surface area contributed by atoms with Crippen LogP contribution in [0.5, 0.6) is 5.75 Å². The van der Waals surface area contributed by atoms with Crippen molar-refractivity contribution in [3.63, 3.8) is 0 Å². The molecular formula is C20H14ClNO2. The molecule has 0 radical (unpaired) electrons. The molecule has 3 nitrogen and oxygen atoms in total. The van der Waals surface area contributed by atoms with Gasteiger partial charge < -0.3 is 9.15 Å². The Balaban J connectivity index is 2.03. The third-order valence-corrected chi connectivity index (χ3v) is 4.27. The Labute approximate surface area is 144 Å². The highest BCUT2D eigenvalue weighted by Crippen LogP contribution is 2.43. The minimum absolute atomic E-state index is 0.534. The molecule has 0 aliphatic rings. The largest absolute Gasteiger partial charge is 0.497 e. The maximum absolute atomic E-state index is 6.45. The number of rotatable bonds is 3. The van der Waals surface area contributed by atoms with Gasteiger partial charge in [-0.1, -0.05) is 54.1 Å². The van der Waals surface area contributed by atoms with E-state index in [1.54, 1.807) is 19.4 Å². The van der Waals surface area contributed by atoms with E-state index in [1.165, 1.54) is 0 Å². The van der Waals surface area contributed by atoms with Gasteiger partial charge in [-0.25, -0.2) is 4.98 Å². The maximum Gasteiger partial charge on any atom is 0.228 e. The molecular weight excluding hydrogens is 322 g/mol. The number of aromatic nitrogens is 1. The number of ether oxygens (including phenoxy) is 1. The molecule has 0 amide bonds. The van der Waals surface area contributed by atoms with Crippen LogP contribution in [0, 0.1) is 0 Å². The highest BCUT2D eigenvalue weighted by atomic mass is 35.5. The minimum atomic E-state index is 0.534. The lowest BCUT2D eigenvalue weighted by Crippen LogP contribution is -1.84. The summed E-state index contributed by atoms with van der Waals surface area (Å²) in [6, 6.07) is 19.6. The van der Waals surface area contributed by atoms with Crippen LogP contribution >= 0.6 is 11.6 Å². The first-order valence-electron chi connectivity index (χ1n) is 7.55. The van der Waals surface area contributed by atoms with Crippen molar-refractivity contribution in [2.75, 3.05) is 7.11 Å². The third kappa shape index (κ3) is 2.43. The summed E-state index contributed by atoms with van der Waals surface area (Å²) in [7, 11) is 1.65. The van der Waals surface area contributed by atoms with Crippen LogP contribution in [0.15, 0.2) is 71.3 Å². The topological polar surface area (TPSA) is 35.3 Å². The summed E-state index contributed by atoms with van der Waals surface area (Å²) >= 11 is 6.45. The number of hydrogen-bond acceptors (Lipinski definition) is 3. The van der Waals surface area contributed by atoms with Crippen LogP contribution in [0.25, 0.3) is 33.6 Å². The SMILES string of the molecule is COc1ccc(-c2c(-c3ccccc3)oc3nccc(Cl)c23)cc1. The molecule has 4 aromatic rings. The van der Waals surface area contributed by atoms with Crippen LogP contribution in [0.2, 0.25) is 5.02 Å². The summed E-state index contributed by atoms with van der Waals surface area (Å²) in [5.41, 5.74) is 3.46. The molecule has 0 N–H and O–H groups in total. The van der Waals surface area contributed by atoms with Gasteiger partial charge in [0.1, 0.15) is 11.5 Å². The second-order valence-corrected chi connectivity index (χ2v) is 5.78. The number of methoxy groups -OCH3 is 1. The third-order valence-electron chi connectivity index (χ3n) is 3.96. The van der Waals surface area contributed by atoms with Crippen LogP contribution in [0.3, 0.4) is 0 Å². The molecule has 0 saturated carbocycles. The highest BCUT2D eigenvalue weighted by molar-refractivity contribution is 6.36. The summed E-state index contributed by atoms with van der Waals surface area (Å²) in [5, 5.41) is 1.44. The summed E-state index contributed by atoms with van der Waals surface area (Å²) in [5.74, 6) is 1.56. The molecule has 0 atom stereocenters. The van der Waals surface area contributed by atoms with Gasteiger partial charge in [-0.05, 0) is 23.8 Å². The smallest absolute Gasteiger partial charge is 0.228 e. The van der Waals surface area contributed by atoms with Crippen molar-refractivity contribution in [2.45, 2.75) is 0 Å². The van der Waals surface area contributed by atoms with E-state index in [0.717, 1.165) is 33.6 Å². The fourth-order valence-corrected chi connectivity index (χ4v) is 3.04. The first-order chi connectivity index (χ1) is 11.8. The lowest BCUT2D eigenvalue weighted by Gasteiger charge is -2.06. The number of benzene rings is 2. The number of pyridine rings is 1. The van der Waals surface area contributed by atoms with Crippen molar-refractivity contribution in [3.8, 4) is 28.2 Å². The van der Waals surface area contributed by atoms with Gasteiger partial charge in [0.15, 0.2) is 0 Å². The second kappa shape index (κ2) is 6.02. The van der Waals surface area contributed by atoms with Gasteiger partial charge in [-0.2, -0.15) is 0 Å². The first kappa shape index (κ1) is 14.8. The Morgan fingerprint density at radius 3 is 2.38 bits per heavy atom. The van der Waals surface area contributed by atoms with Crippen molar-refractivity contribution in [1.82, 2.24) is 4.98 Å². The Kier molecular flexibility index (Phi) is 3.71. The molecule has 0 aliphatic heterocycles. The Morgan fingerprint density at radius 2 is 1.67 bits per heavy atom. The van der Waals surface area contributed by atoms with Gasteiger partial charge >= 0.3 is 0 Å². The predicted octanol–water partition coefficient (Wildman–Crippen LogP) is 5.82. The number of halogens is 1. The van der Waals surface area contributed by atoms with Gasteiger partial charge in [0.05, 0.1) is 17.5 Å². The van der Waals surface area contributed by atoms with Crippen molar-refractivity contribution in [3.05, 3.63) is 71.9 Å². The van der Waals surface area contributed by atoms with E-state index in [-0.39, 0.29) is 0 Å². The van der Waals surface area contributed by atoms with E-state index in [4.69, 9.17) is 20.8 Å². The van der Waals surface area contributed by atoms with E-state index in [0.29, 0.717) is 10.7 Å². The second-order valence-electron chi connectivity index (χ2n) is 5.37. The average molecular weight is 336 g/mol. The molecule has 2 aromatic carbocycles. The molecule has 4 rings (SSSR count). The molecule has 0 unspecified atom stereocenters. The summed E-state index contributed by atoms with van der Waals surface area (Å²) in [6.45, 7) is 0. The van der Waals surface area contributed by atoms with E-state index >= 15 is 0 Å². The van der Waals surface area contributed by atoms with E-state index < -0.39 is 0 Å². The molecule has 2 aromatic heterocycles. The summed E-state index contributed by atoms with van der Waals surface area (Å²) < 4.78 is 11.3. The van der Waals surface area contributed by atoms with Crippen LogP contribution in [0.1, 0.15) is 0 Å². The number of hydrogen-bond donors (Lipinski definition) is 0. The molecule has 4 heteroatoms. The van der Waals surface area contributed by atoms with E-state index in [9.17, 15) is 0 Å². The van der Waals surface area contributed by atoms with Gasteiger partial charge in [0, 0.05) is 17.3 Å². The van der Waals surface area contributed by atoms with E-state index in [2.05, 4.69) is 4.98 Å². The first-order valence-corrected chi connectivity index (χ1v) is 7.92. The van der Waals surface area contributed by atoms with Gasteiger partial charge in [-0.3, -0.25) is 0 Å². The van der Waals surface area contributed by atoms with Crippen LogP contribution in [0.4, 0.5) is 0 Å². The van der Waals surface area contributed by atoms with Crippen molar-refractivity contribution < 1.29 is 9.15 Å². The van der Waals surface area contributed by atoms with Crippen LogP contribution in [-0.4, -0.2) is 12.1 Å². The molecule has 2 heterocycles. The maximum atomic E-state index is 6.45. The monoisotopic (exact) mass is 335 g/mol. The minimum Gasteiger partial charge on any atom is -0.497 e. The lowest BCUT2D eigenvalue weighted by molar-refractivity contribution is 0.415. The zero-order valence-electron chi connectivity index (χ0n) is 13.0. The molecule has 0 spiro atoms. The zero-order valence-corrected chi connectivity index (χ0v) is 13.7. The van der Waals surface area contributed by atoms with Crippen LogP contribution < -0.4 is 4.74 Å². The zero-order chi connectivity index (χ0) is 16.5. The fourth-order valence-electron chi connectivity index (χ4n) is 2.81. The summed E-state index contributed by atoms with van der Waals surface area (Å²) in [6.07, 6.45) is 1.65.